The number of Topliss-reactive ketones (excluding diaryl/α,β-unsaturated/α-hetero) is 1. The molecule has 0 unspecified atom stereocenters. The highest BCUT2D eigenvalue weighted by atomic mass is 32.2. The van der Waals surface area contributed by atoms with Crippen molar-refractivity contribution in [1.82, 2.24) is 0 Å². The quantitative estimate of drug-likeness (QED) is 0.623. The Labute approximate surface area is 85.3 Å². The first-order chi connectivity index (χ1) is 6.11. The van der Waals surface area contributed by atoms with Crippen molar-refractivity contribution >= 4 is 34.6 Å². The van der Waals surface area contributed by atoms with Gasteiger partial charge in [-0.05, 0) is 6.26 Å². The van der Waals surface area contributed by atoms with Crippen molar-refractivity contribution in [3.8, 4) is 5.75 Å². The number of ketones is 1. The minimum Gasteiger partial charge on any atom is -0.492 e. The van der Waals surface area contributed by atoms with E-state index in [2.05, 4.69) is 0 Å². The molecule has 0 fully saturated rings. The van der Waals surface area contributed by atoms with Crippen molar-refractivity contribution in [2.45, 2.75) is 11.1 Å². The van der Waals surface area contributed by atoms with E-state index in [0.29, 0.717) is 16.3 Å². The highest BCUT2D eigenvalue weighted by Crippen LogP contribution is 2.43. The zero-order valence-corrected chi connectivity index (χ0v) is 9.34. The molecule has 1 heterocycles. The Bertz CT molecular complexity index is 333. The molecule has 0 aliphatic rings. The second-order valence-electron chi connectivity index (χ2n) is 2.43. The summed E-state index contributed by atoms with van der Waals surface area (Å²) in [7, 11) is 1.56. The Morgan fingerprint density at radius 1 is 1.62 bits per heavy atom. The number of carbonyl (C=O) groups excluding carboxylic acids is 1. The van der Waals surface area contributed by atoms with Crippen LogP contribution >= 0.6 is 23.1 Å². The second kappa shape index (κ2) is 4.02. The normalized spacial score (nSPS) is 10.1. The van der Waals surface area contributed by atoms with E-state index in [-0.39, 0.29) is 5.78 Å². The zero-order valence-electron chi connectivity index (χ0n) is 7.71. The molecule has 0 amide bonds. The number of carbonyl (C=O) groups is 1. The molecule has 0 saturated heterocycles. The zero-order chi connectivity index (χ0) is 10.0. The minimum atomic E-state index is -0.0129. The molecule has 0 bridgehead atoms. The molecule has 72 valence electrons. The number of anilines is 1. The van der Waals surface area contributed by atoms with Crippen molar-refractivity contribution in [2.75, 3.05) is 19.1 Å². The van der Waals surface area contributed by atoms with Crippen molar-refractivity contribution in [2.24, 2.45) is 0 Å². The van der Waals surface area contributed by atoms with E-state index in [0.717, 1.165) is 4.21 Å². The molecule has 2 N–H and O–H groups in total. The van der Waals surface area contributed by atoms with Gasteiger partial charge in [-0.3, -0.25) is 4.79 Å². The van der Waals surface area contributed by atoms with E-state index in [4.69, 9.17) is 10.5 Å². The van der Waals surface area contributed by atoms with Gasteiger partial charge in [0.25, 0.3) is 0 Å². The molecule has 13 heavy (non-hydrogen) atoms. The summed E-state index contributed by atoms with van der Waals surface area (Å²) in [5.74, 6) is 0.615. The molecular weight excluding hydrogens is 206 g/mol. The molecule has 0 spiro atoms. The molecule has 0 saturated carbocycles. The lowest BCUT2D eigenvalue weighted by molar-refractivity contribution is 0.102. The molecule has 0 aliphatic heterocycles. The van der Waals surface area contributed by atoms with E-state index in [1.165, 1.54) is 30.0 Å². The number of rotatable bonds is 3. The van der Waals surface area contributed by atoms with Gasteiger partial charge in [0.05, 0.1) is 17.7 Å². The average Bonchev–Trinajstić information content (AvgIpc) is 2.41. The van der Waals surface area contributed by atoms with Crippen LogP contribution in [0.3, 0.4) is 0 Å². The van der Waals surface area contributed by atoms with Crippen LogP contribution in [0.15, 0.2) is 4.21 Å². The molecule has 5 heteroatoms. The Morgan fingerprint density at radius 2 is 2.23 bits per heavy atom. The fourth-order valence-electron chi connectivity index (χ4n) is 0.996. The number of thioether (sulfide) groups is 1. The largest absolute Gasteiger partial charge is 0.492 e. The number of methoxy groups -OCH3 is 1. The first-order valence-corrected chi connectivity index (χ1v) is 5.67. The molecule has 0 radical (unpaired) electrons. The standard InChI is InChI=1S/C8H11NO2S2/c1-4(10)7-5(9)6(11-2)8(12-3)13-7/h9H2,1-3H3. The molecule has 1 rings (SSSR count). The molecular formula is C8H11NO2S2. The predicted molar refractivity (Wildman–Crippen MR) is 57.1 cm³/mol. The smallest absolute Gasteiger partial charge is 0.171 e. The maximum Gasteiger partial charge on any atom is 0.171 e. The monoisotopic (exact) mass is 217 g/mol. The Hall–Kier alpha value is -0.680. The van der Waals surface area contributed by atoms with Gasteiger partial charge in [-0.1, -0.05) is 0 Å². The fraction of sp³-hybridized carbons (Fsp3) is 0.375. The van der Waals surface area contributed by atoms with Crippen LogP contribution in [-0.2, 0) is 0 Å². The first kappa shape index (κ1) is 10.4. The third kappa shape index (κ3) is 1.81. The van der Waals surface area contributed by atoms with Crippen molar-refractivity contribution in [3.05, 3.63) is 4.88 Å². The Kier molecular flexibility index (Phi) is 3.22. The average molecular weight is 217 g/mol. The van der Waals surface area contributed by atoms with E-state index in [1.807, 2.05) is 6.26 Å². The Balaban J connectivity index is 3.26. The van der Waals surface area contributed by atoms with Crippen molar-refractivity contribution in [1.29, 1.82) is 0 Å². The van der Waals surface area contributed by atoms with Gasteiger partial charge < -0.3 is 10.5 Å². The number of nitrogens with two attached hydrogens (primary N) is 1. The van der Waals surface area contributed by atoms with Gasteiger partial charge in [-0.15, -0.1) is 23.1 Å². The summed E-state index contributed by atoms with van der Waals surface area (Å²) < 4.78 is 6.06. The first-order valence-electron chi connectivity index (χ1n) is 3.63. The third-order valence-corrected chi connectivity index (χ3v) is 3.97. The summed E-state index contributed by atoms with van der Waals surface area (Å²) in [6.07, 6.45) is 1.93. The van der Waals surface area contributed by atoms with Crippen LogP contribution in [0.2, 0.25) is 0 Å². The van der Waals surface area contributed by atoms with Gasteiger partial charge in [0.1, 0.15) is 4.21 Å². The van der Waals surface area contributed by atoms with Crippen LogP contribution in [0.25, 0.3) is 0 Å². The van der Waals surface area contributed by atoms with Crippen LogP contribution in [0.4, 0.5) is 5.69 Å². The van der Waals surface area contributed by atoms with Gasteiger partial charge in [0.15, 0.2) is 11.5 Å². The molecule has 1 aromatic heterocycles. The van der Waals surface area contributed by atoms with Gasteiger partial charge in [0.2, 0.25) is 0 Å². The molecule has 1 aromatic rings. The van der Waals surface area contributed by atoms with Gasteiger partial charge in [0, 0.05) is 6.92 Å². The highest BCUT2D eigenvalue weighted by Gasteiger charge is 2.18. The maximum absolute atomic E-state index is 11.1. The van der Waals surface area contributed by atoms with Gasteiger partial charge in [-0.25, -0.2) is 0 Å². The molecule has 0 atom stereocenters. The SMILES string of the molecule is COc1c(SC)sc(C(C)=O)c1N. The lowest BCUT2D eigenvalue weighted by atomic mass is 10.3. The number of hydrogen-bond donors (Lipinski definition) is 1. The number of nitrogen functional groups attached to an aromatic ring is 1. The highest BCUT2D eigenvalue weighted by molar-refractivity contribution is 8.00. The summed E-state index contributed by atoms with van der Waals surface area (Å²) >= 11 is 2.92. The predicted octanol–water partition coefficient (Wildman–Crippen LogP) is 2.26. The lowest BCUT2D eigenvalue weighted by Gasteiger charge is -1.99. The van der Waals surface area contributed by atoms with Crippen molar-refractivity contribution in [3.63, 3.8) is 0 Å². The lowest BCUT2D eigenvalue weighted by Crippen LogP contribution is -1.95. The maximum atomic E-state index is 11.1. The second-order valence-corrected chi connectivity index (χ2v) is 4.52. The summed E-state index contributed by atoms with van der Waals surface area (Å²) in [5, 5.41) is 0. The summed E-state index contributed by atoms with van der Waals surface area (Å²) in [4.78, 5) is 11.7. The van der Waals surface area contributed by atoms with Crippen LogP contribution in [0.5, 0.6) is 5.75 Å². The summed E-state index contributed by atoms with van der Waals surface area (Å²) in [6.45, 7) is 1.51. The van der Waals surface area contributed by atoms with E-state index >= 15 is 0 Å². The van der Waals surface area contributed by atoms with Crippen molar-refractivity contribution < 1.29 is 9.53 Å². The minimum absolute atomic E-state index is 0.0129. The van der Waals surface area contributed by atoms with Gasteiger partial charge >= 0.3 is 0 Å². The summed E-state index contributed by atoms with van der Waals surface area (Å²) in [5.41, 5.74) is 6.20. The molecule has 0 aromatic carbocycles. The van der Waals surface area contributed by atoms with E-state index in [9.17, 15) is 4.79 Å². The fourth-order valence-corrected chi connectivity index (χ4v) is 2.78. The number of thiophene rings is 1. The number of hydrogen-bond acceptors (Lipinski definition) is 5. The molecule has 3 nitrogen and oxygen atoms in total. The topological polar surface area (TPSA) is 52.3 Å². The molecule has 0 aliphatic carbocycles. The van der Waals surface area contributed by atoms with Crippen LogP contribution < -0.4 is 10.5 Å². The number of ether oxygens (including phenoxy) is 1. The van der Waals surface area contributed by atoms with Gasteiger partial charge in [-0.2, -0.15) is 0 Å². The van der Waals surface area contributed by atoms with E-state index in [1.54, 1.807) is 7.11 Å². The summed E-state index contributed by atoms with van der Waals surface area (Å²) in [6, 6.07) is 0. The van der Waals surface area contributed by atoms with Crippen LogP contribution in [0, 0.1) is 0 Å². The Morgan fingerprint density at radius 3 is 2.54 bits per heavy atom. The third-order valence-electron chi connectivity index (χ3n) is 1.58. The van der Waals surface area contributed by atoms with Crippen LogP contribution in [-0.4, -0.2) is 19.1 Å². The van der Waals surface area contributed by atoms with Crippen LogP contribution in [0.1, 0.15) is 16.6 Å². The van der Waals surface area contributed by atoms with E-state index < -0.39 is 0 Å².